The maximum absolute atomic E-state index is 13.5. The van der Waals surface area contributed by atoms with Crippen LogP contribution in [-0.4, -0.2) is 23.0 Å². The van der Waals surface area contributed by atoms with Crippen LogP contribution in [0.1, 0.15) is 10.5 Å². The molecule has 0 spiro atoms. The molecule has 4 rings (SSSR count). The fourth-order valence-corrected chi connectivity index (χ4v) is 3.47. The van der Waals surface area contributed by atoms with Gasteiger partial charge in [0.2, 0.25) is 0 Å². The second kappa shape index (κ2) is 6.61. The average molecular weight is 367 g/mol. The van der Waals surface area contributed by atoms with Gasteiger partial charge in [-0.15, -0.1) is 11.3 Å². The van der Waals surface area contributed by atoms with E-state index in [0.29, 0.717) is 22.1 Å². The van der Waals surface area contributed by atoms with Gasteiger partial charge in [0.15, 0.2) is 0 Å². The van der Waals surface area contributed by atoms with Gasteiger partial charge in [0.1, 0.15) is 22.3 Å². The van der Waals surface area contributed by atoms with E-state index in [-0.39, 0.29) is 11.7 Å². The fraction of sp³-hybridized carbons (Fsp3) is 0.0526. The normalized spacial score (nSPS) is 10.8. The first-order valence-electron chi connectivity index (χ1n) is 7.82. The lowest BCUT2D eigenvalue weighted by Crippen LogP contribution is -2.12. The number of carbonyl (C=O) groups is 1. The summed E-state index contributed by atoms with van der Waals surface area (Å²) in [7, 11) is 1.58. The Morgan fingerprint density at radius 2 is 2.04 bits per heavy atom. The molecule has 0 fully saturated rings. The van der Waals surface area contributed by atoms with E-state index in [1.54, 1.807) is 49.0 Å². The summed E-state index contributed by atoms with van der Waals surface area (Å²) in [6, 6.07) is 11.6. The summed E-state index contributed by atoms with van der Waals surface area (Å²) in [5.74, 6) is 0.0987. The van der Waals surface area contributed by atoms with E-state index >= 15 is 0 Å². The number of benzene rings is 2. The van der Waals surface area contributed by atoms with Crippen LogP contribution in [0.15, 0.2) is 54.0 Å². The van der Waals surface area contributed by atoms with Crippen LogP contribution in [0.25, 0.3) is 21.5 Å². The Labute approximate surface area is 152 Å². The molecule has 2 aromatic heterocycles. The van der Waals surface area contributed by atoms with E-state index in [9.17, 15) is 9.18 Å². The third-order valence-corrected chi connectivity index (χ3v) is 4.83. The van der Waals surface area contributed by atoms with Crippen molar-refractivity contribution in [3.05, 3.63) is 65.6 Å². The van der Waals surface area contributed by atoms with Gasteiger partial charge >= 0.3 is 0 Å². The van der Waals surface area contributed by atoms with Crippen LogP contribution in [0, 0.1) is 5.82 Å². The van der Waals surface area contributed by atoms with Gasteiger partial charge in [-0.2, -0.15) is 0 Å². The quantitative estimate of drug-likeness (QED) is 0.550. The average Bonchev–Trinajstić information content (AvgIpc) is 3.28. The van der Waals surface area contributed by atoms with Gasteiger partial charge in [-0.25, -0.2) is 9.37 Å². The van der Waals surface area contributed by atoms with E-state index in [2.05, 4.69) is 15.3 Å². The predicted molar refractivity (Wildman–Crippen MR) is 100 cm³/mol. The van der Waals surface area contributed by atoms with Gasteiger partial charge in [0.25, 0.3) is 5.91 Å². The molecule has 7 heteroatoms. The molecule has 0 aliphatic rings. The van der Waals surface area contributed by atoms with Crippen molar-refractivity contribution in [3.8, 4) is 16.3 Å². The summed E-state index contributed by atoms with van der Waals surface area (Å²) >= 11 is 1.34. The zero-order valence-electron chi connectivity index (χ0n) is 13.7. The SMILES string of the molecule is COc1ccc(NC(=O)c2csc(-c3c[nH]c4ccc(F)cc34)n2)cc1. The summed E-state index contributed by atoms with van der Waals surface area (Å²) in [4.78, 5) is 19.9. The van der Waals surface area contributed by atoms with Gasteiger partial charge in [0, 0.05) is 33.7 Å². The Balaban J connectivity index is 1.58. The number of halogens is 1. The molecule has 130 valence electrons. The highest BCUT2D eigenvalue weighted by Crippen LogP contribution is 2.31. The number of fused-ring (bicyclic) bond motifs is 1. The Morgan fingerprint density at radius 3 is 2.81 bits per heavy atom. The van der Waals surface area contributed by atoms with Crippen LogP contribution in [0.2, 0.25) is 0 Å². The summed E-state index contributed by atoms with van der Waals surface area (Å²) in [6.07, 6.45) is 1.77. The van der Waals surface area contributed by atoms with Gasteiger partial charge in [-0.05, 0) is 42.5 Å². The molecule has 0 aliphatic heterocycles. The Morgan fingerprint density at radius 1 is 1.23 bits per heavy atom. The summed E-state index contributed by atoms with van der Waals surface area (Å²) in [6.45, 7) is 0. The number of H-pyrrole nitrogens is 1. The molecule has 26 heavy (non-hydrogen) atoms. The highest BCUT2D eigenvalue weighted by molar-refractivity contribution is 7.13. The maximum Gasteiger partial charge on any atom is 0.275 e. The topological polar surface area (TPSA) is 67.0 Å². The van der Waals surface area contributed by atoms with Crippen LogP contribution in [-0.2, 0) is 0 Å². The molecule has 0 unspecified atom stereocenters. The van der Waals surface area contributed by atoms with Gasteiger partial charge in [0.05, 0.1) is 7.11 Å². The van der Waals surface area contributed by atoms with Crippen molar-refractivity contribution in [1.82, 2.24) is 9.97 Å². The molecule has 2 aromatic carbocycles. The number of hydrogen-bond donors (Lipinski definition) is 2. The molecule has 2 N–H and O–H groups in total. The van der Waals surface area contributed by atoms with Gasteiger partial charge < -0.3 is 15.0 Å². The third kappa shape index (κ3) is 3.04. The number of hydrogen-bond acceptors (Lipinski definition) is 4. The molecule has 4 aromatic rings. The van der Waals surface area contributed by atoms with E-state index in [1.807, 2.05) is 0 Å². The largest absolute Gasteiger partial charge is 0.497 e. The Bertz CT molecular complexity index is 1090. The molecule has 2 heterocycles. The van der Waals surface area contributed by atoms with Crippen molar-refractivity contribution in [1.29, 1.82) is 0 Å². The third-order valence-electron chi connectivity index (χ3n) is 3.96. The second-order valence-corrected chi connectivity index (χ2v) is 6.47. The molecule has 0 saturated carbocycles. The standard InChI is InChI=1S/C19H14FN3O2S/c1-25-13-5-3-12(4-6-13)22-18(24)17-10-26-19(23-17)15-9-21-16-7-2-11(20)8-14(15)16/h2-10,21H,1H3,(H,22,24). The number of rotatable bonds is 4. The molecule has 0 radical (unpaired) electrons. The summed E-state index contributed by atoms with van der Waals surface area (Å²) in [5.41, 5.74) is 2.56. The number of amides is 1. The Hall–Kier alpha value is -3.19. The number of methoxy groups -OCH3 is 1. The lowest BCUT2D eigenvalue weighted by atomic mass is 10.2. The number of aromatic nitrogens is 2. The number of carbonyl (C=O) groups excluding carboxylic acids is 1. The first kappa shape index (κ1) is 16.3. The monoisotopic (exact) mass is 367 g/mol. The number of ether oxygens (including phenoxy) is 1. The van der Waals surface area contributed by atoms with E-state index in [1.165, 1.54) is 23.5 Å². The van der Waals surface area contributed by atoms with Gasteiger partial charge in [-0.3, -0.25) is 4.79 Å². The minimum Gasteiger partial charge on any atom is -0.497 e. The zero-order chi connectivity index (χ0) is 18.1. The number of aromatic amines is 1. The minimum atomic E-state index is -0.313. The molecule has 0 bridgehead atoms. The lowest BCUT2D eigenvalue weighted by Gasteiger charge is -2.04. The van der Waals surface area contributed by atoms with E-state index < -0.39 is 0 Å². The zero-order valence-corrected chi connectivity index (χ0v) is 14.6. The molecule has 0 atom stereocenters. The smallest absolute Gasteiger partial charge is 0.275 e. The fourth-order valence-electron chi connectivity index (χ4n) is 2.64. The highest BCUT2D eigenvalue weighted by atomic mass is 32.1. The van der Waals surface area contributed by atoms with Crippen LogP contribution < -0.4 is 10.1 Å². The summed E-state index contributed by atoms with van der Waals surface area (Å²) < 4.78 is 18.6. The first-order chi connectivity index (χ1) is 12.6. The molecular weight excluding hydrogens is 353 g/mol. The van der Waals surface area contributed by atoms with Crippen LogP contribution in [0.3, 0.4) is 0 Å². The molecule has 0 aliphatic carbocycles. The first-order valence-corrected chi connectivity index (χ1v) is 8.70. The Kier molecular flexibility index (Phi) is 4.14. The number of anilines is 1. The van der Waals surface area contributed by atoms with Crippen molar-refractivity contribution in [2.24, 2.45) is 0 Å². The van der Waals surface area contributed by atoms with E-state index in [4.69, 9.17) is 4.74 Å². The maximum atomic E-state index is 13.5. The van der Waals surface area contributed by atoms with Crippen LogP contribution >= 0.6 is 11.3 Å². The molecular formula is C19H14FN3O2S. The van der Waals surface area contributed by atoms with Crippen molar-refractivity contribution >= 4 is 33.8 Å². The second-order valence-electron chi connectivity index (χ2n) is 5.61. The highest BCUT2D eigenvalue weighted by Gasteiger charge is 2.15. The van der Waals surface area contributed by atoms with Crippen molar-refractivity contribution in [2.75, 3.05) is 12.4 Å². The molecule has 5 nitrogen and oxygen atoms in total. The molecule has 1 amide bonds. The van der Waals surface area contributed by atoms with Gasteiger partial charge in [-0.1, -0.05) is 0 Å². The summed E-state index contributed by atoms with van der Waals surface area (Å²) in [5, 5.41) is 5.87. The predicted octanol–water partition coefficient (Wildman–Crippen LogP) is 4.69. The van der Waals surface area contributed by atoms with Crippen molar-refractivity contribution in [3.63, 3.8) is 0 Å². The molecule has 0 saturated heterocycles. The number of nitrogens with zero attached hydrogens (tertiary/aromatic N) is 1. The number of nitrogens with one attached hydrogen (secondary N) is 2. The van der Waals surface area contributed by atoms with Crippen LogP contribution in [0.4, 0.5) is 10.1 Å². The van der Waals surface area contributed by atoms with Crippen molar-refractivity contribution in [2.45, 2.75) is 0 Å². The number of thiazole rings is 1. The lowest BCUT2D eigenvalue weighted by molar-refractivity contribution is 0.102. The van der Waals surface area contributed by atoms with E-state index in [0.717, 1.165) is 16.5 Å². The minimum absolute atomic E-state index is 0.302. The van der Waals surface area contributed by atoms with Crippen LogP contribution in [0.5, 0.6) is 5.75 Å². The van der Waals surface area contributed by atoms with Crippen molar-refractivity contribution < 1.29 is 13.9 Å².